The number of rotatable bonds is 6. The Labute approximate surface area is 125 Å². The summed E-state index contributed by atoms with van der Waals surface area (Å²) in [5, 5.41) is 11.6. The van der Waals surface area contributed by atoms with Crippen LogP contribution in [0, 0.1) is 11.8 Å². The molecule has 1 saturated carbocycles. The van der Waals surface area contributed by atoms with E-state index in [2.05, 4.69) is 21.2 Å². The van der Waals surface area contributed by atoms with Crippen LogP contribution >= 0.6 is 15.9 Å². The number of hydrogen-bond acceptors (Lipinski definition) is 3. The summed E-state index contributed by atoms with van der Waals surface area (Å²) in [6.45, 7) is 0.732. The number of amides is 1. The van der Waals surface area contributed by atoms with Crippen LogP contribution in [0.1, 0.15) is 12.8 Å². The number of carboxylic acid groups (broad SMARTS) is 1. The molecule has 0 radical (unpaired) electrons. The second-order valence-corrected chi connectivity index (χ2v) is 5.64. The van der Waals surface area contributed by atoms with Crippen LogP contribution in [0.4, 0.5) is 0 Å². The highest BCUT2D eigenvalue weighted by Crippen LogP contribution is 2.34. The normalized spacial score (nSPS) is 20.9. The van der Waals surface area contributed by atoms with Gasteiger partial charge in [-0.3, -0.25) is 9.59 Å². The van der Waals surface area contributed by atoms with E-state index >= 15 is 0 Å². The number of carbonyl (C=O) groups excluding carboxylic acids is 1. The van der Waals surface area contributed by atoms with Crippen molar-refractivity contribution >= 4 is 27.8 Å². The highest BCUT2D eigenvalue weighted by atomic mass is 79.9. The molecule has 5 nitrogen and oxygen atoms in total. The lowest BCUT2D eigenvalue weighted by atomic mass is 9.73. The number of ether oxygens (including phenoxy) is 1. The number of benzene rings is 1. The maximum absolute atomic E-state index is 11.8. The van der Waals surface area contributed by atoms with Gasteiger partial charge in [0.25, 0.3) is 0 Å². The molecule has 0 bridgehead atoms. The van der Waals surface area contributed by atoms with Crippen molar-refractivity contribution < 1.29 is 19.4 Å². The van der Waals surface area contributed by atoms with Crippen LogP contribution in [0.5, 0.6) is 5.75 Å². The van der Waals surface area contributed by atoms with Gasteiger partial charge >= 0.3 is 5.97 Å². The number of hydrogen-bond donors (Lipinski definition) is 2. The van der Waals surface area contributed by atoms with Crippen LogP contribution in [0.3, 0.4) is 0 Å². The fraction of sp³-hybridized carbons (Fsp3) is 0.429. The van der Waals surface area contributed by atoms with Crippen molar-refractivity contribution in [3.63, 3.8) is 0 Å². The van der Waals surface area contributed by atoms with Gasteiger partial charge in [-0.25, -0.2) is 0 Å². The lowest BCUT2D eigenvalue weighted by Crippen LogP contribution is -2.44. The molecule has 108 valence electrons. The quantitative estimate of drug-likeness (QED) is 0.776. The second kappa shape index (κ2) is 6.74. The molecule has 0 spiro atoms. The Bertz CT molecular complexity index is 488. The van der Waals surface area contributed by atoms with Gasteiger partial charge in [-0.2, -0.15) is 0 Å². The maximum atomic E-state index is 11.8. The van der Waals surface area contributed by atoms with Crippen LogP contribution < -0.4 is 10.1 Å². The third-order valence-corrected chi connectivity index (χ3v) is 3.94. The van der Waals surface area contributed by atoms with Crippen molar-refractivity contribution in [2.75, 3.05) is 13.2 Å². The molecule has 2 N–H and O–H groups in total. The van der Waals surface area contributed by atoms with Crippen molar-refractivity contribution in [3.8, 4) is 5.75 Å². The first-order valence-electron chi connectivity index (χ1n) is 6.47. The molecule has 1 fully saturated rings. The van der Waals surface area contributed by atoms with Gasteiger partial charge in [0, 0.05) is 4.47 Å². The van der Waals surface area contributed by atoms with Gasteiger partial charge in [-0.05, 0) is 37.1 Å². The Morgan fingerprint density at radius 3 is 2.45 bits per heavy atom. The molecular formula is C14H16BrNO4. The summed E-state index contributed by atoms with van der Waals surface area (Å²) in [7, 11) is 0. The van der Waals surface area contributed by atoms with Gasteiger partial charge in [0.1, 0.15) is 12.4 Å². The zero-order valence-corrected chi connectivity index (χ0v) is 12.4. The summed E-state index contributed by atoms with van der Waals surface area (Å²) >= 11 is 3.33. The molecule has 20 heavy (non-hydrogen) atoms. The molecule has 0 unspecified atom stereocenters. The Hall–Kier alpha value is -1.56. The van der Waals surface area contributed by atoms with E-state index in [-0.39, 0.29) is 11.8 Å². The van der Waals surface area contributed by atoms with E-state index in [4.69, 9.17) is 9.84 Å². The van der Waals surface area contributed by atoms with E-state index in [1.165, 1.54) is 0 Å². The van der Waals surface area contributed by atoms with Gasteiger partial charge in [-0.1, -0.05) is 15.9 Å². The topological polar surface area (TPSA) is 75.6 Å². The number of aliphatic carboxylic acids is 1. The molecule has 0 saturated heterocycles. The number of nitrogens with one attached hydrogen (secondary N) is 1. The zero-order valence-electron chi connectivity index (χ0n) is 10.8. The summed E-state index contributed by atoms with van der Waals surface area (Å²) in [5.41, 5.74) is 0. The van der Waals surface area contributed by atoms with Crippen LogP contribution in [-0.4, -0.2) is 30.1 Å². The minimum absolute atomic E-state index is 0.192. The number of carbonyl (C=O) groups is 2. The molecule has 1 aromatic carbocycles. The Morgan fingerprint density at radius 1 is 1.25 bits per heavy atom. The van der Waals surface area contributed by atoms with Gasteiger partial charge in [0.2, 0.25) is 5.91 Å². The zero-order chi connectivity index (χ0) is 14.5. The van der Waals surface area contributed by atoms with Crippen LogP contribution in [0.25, 0.3) is 0 Å². The van der Waals surface area contributed by atoms with Gasteiger partial charge in [0.05, 0.1) is 18.4 Å². The molecule has 1 amide bonds. The standard InChI is InChI=1S/C14H16BrNO4/c15-9-1-3-10(4-2-9)20-8-7-16-13(17)11-5-6-12(11)14(18)19/h1-4,11-12H,5-8H2,(H,16,17)(H,18,19)/t11-,12+/m0/s1. The molecule has 1 aliphatic carbocycles. The summed E-state index contributed by atoms with van der Waals surface area (Å²) < 4.78 is 6.44. The smallest absolute Gasteiger partial charge is 0.307 e. The molecule has 2 rings (SSSR count). The average Bonchev–Trinajstić information content (AvgIpc) is 2.34. The average molecular weight is 342 g/mol. The van der Waals surface area contributed by atoms with Gasteiger partial charge in [-0.15, -0.1) is 0 Å². The third kappa shape index (κ3) is 3.72. The minimum atomic E-state index is -0.887. The van der Waals surface area contributed by atoms with Crippen molar-refractivity contribution in [3.05, 3.63) is 28.7 Å². The van der Waals surface area contributed by atoms with Crippen molar-refractivity contribution in [1.29, 1.82) is 0 Å². The Morgan fingerprint density at radius 2 is 1.90 bits per heavy atom. The second-order valence-electron chi connectivity index (χ2n) is 4.72. The maximum Gasteiger partial charge on any atom is 0.307 e. The van der Waals surface area contributed by atoms with E-state index in [1.807, 2.05) is 24.3 Å². The first-order valence-corrected chi connectivity index (χ1v) is 7.26. The lowest BCUT2D eigenvalue weighted by Gasteiger charge is -2.31. The molecule has 0 aliphatic heterocycles. The van der Waals surface area contributed by atoms with E-state index in [0.29, 0.717) is 26.0 Å². The van der Waals surface area contributed by atoms with Crippen LogP contribution in [-0.2, 0) is 9.59 Å². The predicted octanol–water partition coefficient (Wildman–Crippen LogP) is 2.05. The molecular weight excluding hydrogens is 326 g/mol. The minimum Gasteiger partial charge on any atom is -0.492 e. The summed E-state index contributed by atoms with van der Waals surface area (Å²) in [5.74, 6) is -1.26. The highest BCUT2D eigenvalue weighted by molar-refractivity contribution is 9.10. The van der Waals surface area contributed by atoms with Crippen LogP contribution in [0.2, 0.25) is 0 Å². The molecule has 1 aromatic rings. The van der Waals surface area contributed by atoms with E-state index < -0.39 is 11.9 Å². The largest absolute Gasteiger partial charge is 0.492 e. The third-order valence-electron chi connectivity index (χ3n) is 3.41. The molecule has 6 heteroatoms. The number of carboxylic acids is 1. The highest BCUT2D eigenvalue weighted by Gasteiger charge is 2.41. The monoisotopic (exact) mass is 341 g/mol. The van der Waals surface area contributed by atoms with Crippen molar-refractivity contribution in [2.24, 2.45) is 11.8 Å². The SMILES string of the molecule is O=C(NCCOc1ccc(Br)cc1)[C@H]1CC[C@H]1C(=O)O. The van der Waals surface area contributed by atoms with Crippen LogP contribution in [0.15, 0.2) is 28.7 Å². The molecule has 2 atom stereocenters. The Balaban J connectivity index is 1.67. The molecule has 0 heterocycles. The number of halogens is 1. The summed E-state index contributed by atoms with van der Waals surface area (Å²) in [4.78, 5) is 22.6. The van der Waals surface area contributed by atoms with E-state index in [1.54, 1.807) is 0 Å². The van der Waals surface area contributed by atoms with Gasteiger partial charge in [0.15, 0.2) is 0 Å². The summed E-state index contributed by atoms with van der Waals surface area (Å²) in [6, 6.07) is 7.41. The first-order chi connectivity index (χ1) is 9.58. The van der Waals surface area contributed by atoms with Gasteiger partial charge < -0.3 is 15.2 Å². The fourth-order valence-corrected chi connectivity index (χ4v) is 2.38. The van der Waals surface area contributed by atoms with E-state index in [9.17, 15) is 9.59 Å². The van der Waals surface area contributed by atoms with E-state index in [0.717, 1.165) is 10.2 Å². The van der Waals surface area contributed by atoms with Crippen molar-refractivity contribution in [2.45, 2.75) is 12.8 Å². The summed E-state index contributed by atoms with van der Waals surface area (Å²) in [6.07, 6.45) is 1.24. The fourth-order valence-electron chi connectivity index (χ4n) is 2.11. The molecule has 0 aromatic heterocycles. The molecule has 1 aliphatic rings. The first kappa shape index (κ1) is 14.8. The predicted molar refractivity (Wildman–Crippen MR) is 76.5 cm³/mol. The Kier molecular flexibility index (Phi) is 5.00. The van der Waals surface area contributed by atoms with Crippen molar-refractivity contribution in [1.82, 2.24) is 5.32 Å². The lowest BCUT2D eigenvalue weighted by molar-refractivity contribution is -0.152.